The van der Waals surface area contributed by atoms with Crippen molar-refractivity contribution in [3.63, 3.8) is 0 Å². The van der Waals surface area contributed by atoms with Crippen molar-refractivity contribution < 1.29 is 9.53 Å². The maximum atomic E-state index is 13.6. The second kappa shape index (κ2) is 8.15. The van der Waals surface area contributed by atoms with Crippen molar-refractivity contribution in [1.82, 2.24) is 14.9 Å². The topological polar surface area (TPSA) is 58.2 Å². The summed E-state index contributed by atoms with van der Waals surface area (Å²) in [7, 11) is 1.67. The molecule has 0 fully saturated rings. The number of carbonyl (C=O) groups is 1. The smallest absolute Gasteiger partial charge is 0.227 e. The van der Waals surface area contributed by atoms with Crippen LogP contribution in [0.3, 0.4) is 0 Å². The molecule has 32 heavy (non-hydrogen) atoms. The molecule has 3 heterocycles. The van der Waals surface area contributed by atoms with Crippen LogP contribution in [0, 0.1) is 13.8 Å². The average molecular weight is 426 g/mol. The summed E-state index contributed by atoms with van der Waals surface area (Å²) in [5.74, 6) is 0.908. The first-order chi connectivity index (χ1) is 15.5. The van der Waals surface area contributed by atoms with Crippen LogP contribution < -0.4 is 4.74 Å². The number of fused-ring (bicyclic) bond motifs is 3. The number of methoxy groups -OCH3 is 1. The highest BCUT2D eigenvalue weighted by Crippen LogP contribution is 2.39. The van der Waals surface area contributed by atoms with Crippen LogP contribution in [-0.2, 0) is 17.6 Å². The Kier molecular flexibility index (Phi) is 5.17. The SMILES string of the molecule is COc1cccc(C2c3[nH]c4ncccc4c3CCN2C(=O)Cc2cc(C)cc(C)c2)c1. The van der Waals surface area contributed by atoms with Gasteiger partial charge in [-0.1, -0.05) is 41.5 Å². The Morgan fingerprint density at radius 1 is 1.12 bits per heavy atom. The zero-order valence-electron chi connectivity index (χ0n) is 18.7. The number of hydrogen-bond acceptors (Lipinski definition) is 3. The van der Waals surface area contributed by atoms with E-state index < -0.39 is 0 Å². The van der Waals surface area contributed by atoms with Crippen LogP contribution >= 0.6 is 0 Å². The van der Waals surface area contributed by atoms with E-state index in [0.717, 1.165) is 40.0 Å². The Morgan fingerprint density at radius 2 is 1.94 bits per heavy atom. The molecular weight excluding hydrogens is 398 g/mol. The van der Waals surface area contributed by atoms with Crippen LogP contribution in [-0.4, -0.2) is 34.4 Å². The summed E-state index contributed by atoms with van der Waals surface area (Å²) in [6.45, 7) is 4.82. The summed E-state index contributed by atoms with van der Waals surface area (Å²) in [5, 5.41) is 1.14. The van der Waals surface area contributed by atoms with Gasteiger partial charge in [0.2, 0.25) is 5.91 Å². The number of H-pyrrole nitrogens is 1. The number of carbonyl (C=O) groups excluding carboxylic acids is 1. The first-order valence-electron chi connectivity index (χ1n) is 11.0. The third kappa shape index (κ3) is 3.64. The molecule has 0 radical (unpaired) electrons. The van der Waals surface area contributed by atoms with Gasteiger partial charge in [0.1, 0.15) is 11.4 Å². The number of aromatic nitrogens is 2. The first-order valence-corrected chi connectivity index (χ1v) is 11.0. The van der Waals surface area contributed by atoms with E-state index in [4.69, 9.17) is 4.74 Å². The average Bonchev–Trinajstić information content (AvgIpc) is 3.16. The quantitative estimate of drug-likeness (QED) is 0.506. The number of aromatic amines is 1. The highest BCUT2D eigenvalue weighted by Gasteiger charge is 2.34. The molecule has 1 N–H and O–H groups in total. The molecule has 2 aromatic heterocycles. The third-order valence-corrected chi connectivity index (χ3v) is 6.27. The van der Waals surface area contributed by atoms with Crippen molar-refractivity contribution in [2.24, 2.45) is 0 Å². The Bertz CT molecular complexity index is 1290. The summed E-state index contributed by atoms with van der Waals surface area (Å²) in [5.41, 5.74) is 7.61. The molecule has 1 amide bonds. The van der Waals surface area contributed by atoms with Gasteiger partial charge in [-0.3, -0.25) is 4.79 Å². The zero-order chi connectivity index (χ0) is 22.2. The maximum absolute atomic E-state index is 13.6. The van der Waals surface area contributed by atoms with Crippen molar-refractivity contribution in [3.05, 3.63) is 94.3 Å². The molecule has 0 spiro atoms. The molecule has 0 aliphatic carbocycles. The van der Waals surface area contributed by atoms with Gasteiger partial charge in [-0.2, -0.15) is 0 Å². The highest BCUT2D eigenvalue weighted by molar-refractivity contribution is 5.85. The molecule has 5 nitrogen and oxygen atoms in total. The summed E-state index contributed by atoms with van der Waals surface area (Å²) in [6.07, 6.45) is 2.99. The fourth-order valence-corrected chi connectivity index (χ4v) is 4.99. The molecule has 162 valence electrons. The Labute approximate surface area is 188 Å². The number of rotatable bonds is 4. The van der Waals surface area contributed by atoms with Gasteiger partial charge in [-0.05, 0) is 61.2 Å². The minimum absolute atomic E-state index is 0.125. The number of ether oxygens (including phenoxy) is 1. The van der Waals surface area contributed by atoms with Crippen molar-refractivity contribution >= 4 is 16.9 Å². The zero-order valence-corrected chi connectivity index (χ0v) is 18.7. The molecule has 0 bridgehead atoms. The van der Waals surface area contributed by atoms with Crippen LogP contribution in [0.2, 0.25) is 0 Å². The predicted molar refractivity (Wildman–Crippen MR) is 126 cm³/mol. The highest BCUT2D eigenvalue weighted by atomic mass is 16.5. The maximum Gasteiger partial charge on any atom is 0.227 e. The second-order valence-corrected chi connectivity index (χ2v) is 8.61. The number of pyridine rings is 1. The van der Waals surface area contributed by atoms with Gasteiger partial charge in [0.05, 0.1) is 19.6 Å². The second-order valence-electron chi connectivity index (χ2n) is 8.61. The molecule has 5 heteroatoms. The van der Waals surface area contributed by atoms with Crippen LogP contribution in [0.25, 0.3) is 11.0 Å². The largest absolute Gasteiger partial charge is 0.497 e. The van der Waals surface area contributed by atoms with Crippen molar-refractivity contribution in [3.8, 4) is 5.75 Å². The summed E-state index contributed by atoms with van der Waals surface area (Å²) in [6, 6.07) is 18.2. The van der Waals surface area contributed by atoms with Gasteiger partial charge >= 0.3 is 0 Å². The number of nitrogens with one attached hydrogen (secondary N) is 1. The number of benzene rings is 2. The molecule has 1 unspecified atom stereocenters. The summed E-state index contributed by atoms with van der Waals surface area (Å²) >= 11 is 0. The van der Waals surface area contributed by atoms with Gasteiger partial charge < -0.3 is 14.6 Å². The van der Waals surface area contributed by atoms with E-state index in [1.54, 1.807) is 13.3 Å². The fraction of sp³-hybridized carbons (Fsp3) is 0.259. The van der Waals surface area contributed by atoms with E-state index in [1.807, 2.05) is 29.2 Å². The van der Waals surface area contributed by atoms with Crippen molar-refractivity contribution in [2.75, 3.05) is 13.7 Å². The van der Waals surface area contributed by atoms with E-state index in [0.29, 0.717) is 13.0 Å². The third-order valence-electron chi connectivity index (χ3n) is 6.27. The predicted octanol–water partition coefficient (Wildman–Crippen LogP) is 4.91. The molecule has 0 saturated carbocycles. The molecule has 1 atom stereocenters. The molecule has 0 saturated heterocycles. The minimum Gasteiger partial charge on any atom is -0.497 e. The molecule has 1 aliphatic rings. The Balaban J connectivity index is 1.58. The first kappa shape index (κ1) is 20.3. The lowest BCUT2D eigenvalue weighted by Gasteiger charge is -2.36. The molecular formula is C27H27N3O2. The van der Waals surface area contributed by atoms with Crippen LogP contribution in [0.5, 0.6) is 5.75 Å². The molecule has 2 aromatic carbocycles. The molecule has 4 aromatic rings. The Hall–Kier alpha value is -3.60. The van der Waals surface area contributed by atoms with E-state index in [1.165, 1.54) is 16.7 Å². The van der Waals surface area contributed by atoms with Crippen LogP contribution in [0.15, 0.2) is 60.8 Å². The normalized spacial score (nSPS) is 15.6. The molecule has 5 rings (SSSR count). The summed E-state index contributed by atoms with van der Waals surface area (Å²) in [4.78, 5) is 23.7. The van der Waals surface area contributed by atoms with E-state index in [9.17, 15) is 4.79 Å². The summed E-state index contributed by atoms with van der Waals surface area (Å²) < 4.78 is 5.48. The molecule has 1 aliphatic heterocycles. The van der Waals surface area contributed by atoms with Gasteiger partial charge in [0.15, 0.2) is 0 Å². The van der Waals surface area contributed by atoms with Crippen molar-refractivity contribution in [1.29, 1.82) is 0 Å². The lowest BCUT2D eigenvalue weighted by atomic mass is 9.91. The number of hydrogen-bond donors (Lipinski definition) is 1. The Morgan fingerprint density at radius 3 is 2.72 bits per heavy atom. The van der Waals surface area contributed by atoms with E-state index in [-0.39, 0.29) is 11.9 Å². The van der Waals surface area contributed by atoms with Crippen LogP contribution in [0.4, 0.5) is 0 Å². The van der Waals surface area contributed by atoms with E-state index >= 15 is 0 Å². The lowest BCUT2D eigenvalue weighted by Crippen LogP contribution is -2.41. The number of amides is 1. The van der Waals surface area contributed by atoms with E-state index in [2.05, 4.69) is 54.1 Å². The monoisotopic (exact) mass is 425 g/mol. The standard InChI is InChI=1S/C27H27N3O2/c1-17-12-18(2)14-19(13-17)15-24(31)30-11-9-22-23-8-5-10-28-27(23)29-25(22)26(30)20-6-4-7-21(16-20)32-3/h4-8,10,12-14,16,26H,9,11,15H2,1-3H3,(H,28,29). The van der Waals surface area contributed by atoms with Gasteiger partial charge in [0.25, 0.3) is 0 Å². The lowest BCUT2D eigenvalue weighted by molar-refractivity contribution is -0.132. The van der Waals surface area contributed by atoms with Crippen molar-refractivity contribution in [2.45, 2.75) is 32.7 Å². The van der Waals surface area contributed by atoms with Crippen LogP contribution in [0.1, 0.15) is 39.6 Å². The van der Waals surface area contributed by atoms with Gasteiger partial charge in [-0.25, -0.2) is 4.98 Å². The fourth-order valence-electron chi connectivity index (χ4n) is 4.99. The van der Waals surface area contributed by atoms with Gasteiger partial charge in [0, 0.05) is 23.8 Å². The minimum atomic E-state index is -0.207. The van der Waals surface area contributed by atoms with Gasteiger partial charge in [-0.15, -0.1) is 0 Å². The number of nitrogens with zero attached hydrogens (tertiary/aromatic N) is 2. The number of aryl methyl sites for hydroxylation is 2.